The zero-order chi connectivity index (χ0) is 20.1. The lowest BCUT2D eigenvalue weighted by molar-refractivity contribution is -0.149. The summed E-state index contributed by atoms with van der Waals surface area (Å²) < 4.78 is 10.5. The first kappa shape index (κ1) is 19.4. The molecule has 0 heterocycles. The summed E-state index contributed by atoms with van der Waals surface area (Å²) in [6.45, 7) is 5.25. The molecule has 0 aromatic heterocycles. The number of esters is 1. The molecule has 3 rings (SSSR count). The van der Waals surface area contributed by atoms with Crippen LogP contribution in [0.5, 0.6) is 5.75 Å². The lowest BCUT2D eigenvalue weighted by Crippen LogP contribution is -2.24. The molecule has 0 aliphatic rings. The van der Waals surface area contributed by atoms with Crippen molar-refractivity contribution in [2.45, 2.75) is 20.8 Å². The Morgan fingerprint density at radius 2 is 1.54 bits per heavy atom. The molecule has 0 aliphatic carbocycles. The molecular weight excluding hydrogens is 354 g/mol. The van der Waals surface area contributed by atoms with Crippen molar-refractivity contribution in [1.82, 2.24) is 0 Å². The maximum atomic E-state index is 12.1. The summed E-state index contributed by atoms with van der Waals surface area (Å²) >= 11 is 0. The van der Waals surface area contributed by atoms with E-state index in [0.717, 1.165) is 33.2 Å². The van der Waals surface area contributed by atoms with Crippen LogP contribution in [0, 0.1) is 20.8 Å². The highest BCUT2D eigenvalue weighted by Crippen LogP contribution is 2.22. The Labute approximate surface area is 164 Å². The highest BCUT2D eigenvalue weighted by Gasteiger charge is 2.12. The number of aryl methyl sites for hydroxylation is 3. The number of carbonyl (C=O) groups is 2. The summed E-state index contributed by atoms with van der Waals surface area (Å²) in [6, 6.07) is 17.4. The number of benzene rings is 3. The number of hydrogen-bond acceptors (Lipinski definition) is 4. The topological polar surface area (TPSA) is 64.6 Å². The van der Waals surface area contributed by atoms with Gasteiger partial charge in [-0.1, -0.05) is 48.0 Å². The van der Waals surface area contributed by atoms with Gasteiger partial charge in [0.2, 0.25) is 0 Å². The predicted octanol–water partition coefficient (Wildman–Crippen LogP) is 4.33. The van der Waals surface area contributed by atoms with E-state index in [9.17, 15) is 9.59 Å². The van der Waals surface area contributed by atoms with Crippen LogP contribution in [0.3, 0.4) is 0 Å². The van der Waals surface area contributed by atoms with Crippen molar-refractivity contribution in [2.24, 2.45) is 0 Å². The Morgan fingerprint density at radius 1 is 0.857 bits per heavy atom. The second-order valence-electron chi connectivity index (χ2n) is 6.78. The van der Waals surface area contributed by atoms with Crippen molar-refractivity contribution in [3.8, 4) is 5.75 Å². The van der Waals surface area contributed by atoms with Gasteiger partial charge in [0, 0.05) is 5.69 Å². The molecule has 0 bridgehead atoms. The minimum absolute atomic E-state index is 0.256. The Kier molecular flexibility index (Phi) is 5.94. The van der Waals surface area contributed by atoms with Crippen molar-refractivity contribution >= 4 is 28.3 Å². The SMILES string of the molecule is Cc1cc(C)c(NC(=O)COC(=O)COc2ccc3ccccc3c2)c(C)c1. The van der Waals surface area contributed by atoms with E-state index < -0.39 is 5.97 Å². The third-order valence-electron chi connectivity index (χ3n) is 4.38. The molecule has 28 heavy (non-hydrogen) atoms. The van der Waals surface area contributed by atoms with Gasteiger partial charge in [-0.05, 0) is 54.8 Å². The van der Waals surface area contributed by atoms with Gasteiger partial charge in [0.25, 0.3) is 5.91 Å². The van der Waals surface area contributed by atoms with Gasteiger partial charge in [0.05, 0.1) is 0 Å². The molecule has 0 saturated heterocycles. The Balaban J connectivity index is 1.49. The molecule has 0 radical (unpaired) electrons. The highest BCUT2D eigenvalue weighted by molar-refractivity contribution is 5.94. The van der Waals surface area contributed by atoms with E-state index in [4.69, 9.17) is 9.47 Å². The molecule has 0 aliphatic heterocycles. The van der Waals surface area contributed by atoms with Crippen LogP contribution >= 0.6 is 0 Å². The molecule has 3 aromatic rings. The molecule has 144 valence electrons. The van der Waals surface area contributed by atoms with Gasteiger partial charge in [-0.3, -0.25) is 4.79 Å². The molecular formula is C23H23NO4. The lowest BCUT2D eigenvalue weighted by Gasteiger charge is -2.13. The van der Waals surface area contributed by atoms with E-state index in [0.29, 0.717) is 5.75 Å². The summed E-state index contributed by atoms with van der Waals surface area (Å²) in [5.74, 6) is -0.402. The number of nitrogens with one attached hydrogen (secondary N) is 1. The number of carbonyl (C=O) groups excluding carboxylic acids is 2. The van der Waals surface area contributed by atoms with Crippen LogP contribution in [0.25, 0.3) is 10.8 Å². The highest BCUT2D eigenvalue weighted by atomic mass is 16.6. The summed E-state index contributed by atoms with van der Waals surface area (Å²) in [7, 11) is 0. The fourth-order valence-corrected chi connectivity index (χ4v) is 3.14. The van der Waals surface area contributed by atoms with E-state index in [1.807, 2.05) is 69.3 Å². The number of amides is 1. The molecule has 0 spiro atoms. The predicted molar refractivity (Wildman–Crippen MR) is 110 cm³/mol. The Bertz CT molecular complexity index is 1000. The zero-order valence-electron chi connectivity index (χ0n) is 16.2. The van der Waals surface area contributed by atoms with E-state index in [1.165, 1.54) is 0 Å². The fourth-order valence-electron chi connectivity index (χ4n) is 3.14. The molecule has 0 atom stereocenters. The third-order valence-corrected chi connectivity index (χ3v) is 4.38. The van der Waals surface area contributed by atoms with Gasteiger partial charge >= 0.3 is 5.97 Å². The average Bonchev–Trinajstić information content (AvgIpc) is 2.67. The first-order valence-electron chi connectivity index (χ1n) is 9.07. The van der Waals surface area contributed by atoms with Crippen molar-refractivity contribution < 1.29 is 19.1 Å². The smallest absolute Gasteiger partial charge is 0.344 e. The quantitative estimate of drug-likeness (QED) is 0.650. The normalized spacial score (nSPS) is 10.5. The van der Waals surface area contributed by atoms with E-state index in [1.54, 1.807) is 6.07 Å². The standard InChI is InChI=1S/C23H23NO4/c1-15-10-16(2)23(17(3)11-15)24-21(25)13-28-22(26)14-27-20-9-8-18-6-4-5-7-19(18)12-20/h4-12H,13-14H2,1-3H3,(H,24,25). The second-order valence-corrected chi connectivity index (χ2v) is 6.78. The second kappa shape index (κ2) is 8.57. The van der Waals surface area contributed by atoms with Crippen LogP contribution in [0.15, 0.2) is 54.6 Å². The molecule has 0 fully saturated rings. The number of ether oxygens (including phenoxy) is 2. The lowest BCUT2D eigenvalue weighted by atomic mass is 10.1. The largest absolute Gasteiger partial charge is 0.482 e. The summed E-state index contributed by atoms with van der Waals surface area (Å²) in [4.78, 5) is 24.0. The van der Waals surface area contributed by atoms with E-state index >= 15 is 0 Å². The van der Waals surface area contributed by atoms with Crippen LogP contribution in [0.4, 0.5) is 5.69 Å². The monoisotopic (exact) mass is 377 g/mol. The van der Waals surface area contributed by atoms with Gasteiger partial charge in [0.1, 0.15) is 5.75 Å². The average molecular weight is 377 g/mol. The molecule has 3 aromatic carbocycles. The van der Waals surface area contributed by atoms with Crippen molar-refractivity contribution in [3.63, 3.8) is 0 Å². The molecule has 0 saturated carbocycles. The first-order chi connectivity index (χ1) is 13.4. The first-order valence-corrected chi connectivity index (χ1v) is 9.07. The summed E-state index contributed by atoms with van der Waals surface area (Å²) in [5, 5.41) is 4.92. The Hall–Kier alpha value is -3.34. The van der Waals surface area contributed by atoms with Gasteiger partial charge in [-0.2, -0.15) is 0 Å². The zero-order valence-corrected chi connectivity index (χ0v) is 16.2. The summed E-state index contributed by atoms with van der Waals surface area (Å²) in [5.41, 5.74) is 3.82. The van der Waals surface area contributed by atoms with Crippen LogP contribution in [0.1, 0.15) is 16.7 Å². The number of anilines is 1. The van der Waals surface area contributed by atoms with Crippen LogP contribution < -0.4 is 10.1 Å². The maximum Gasteiger partial charge on any atom is 0.344 e. The van der Waals surface area contributed by atoms with Gasteiger partial charge in [-0.15, -0.1) is 0 Å². The molecule has 5 heteroatoms. The number of fused-ring (bicyclic) bond motifs is 1. The van der Waals surface area contributed by atoms with Crippen LogP contribution in [-0.4, -0.2) is 25.1 Å². The summed E-state index contributed by atoms with van der Waals surface area (Å²) in [6.07, 6.45) is 0. The minimum Gasteiger partial charge on any atom is -0.482 e. The fraction of sp³-hybridized carbons (Fsp3) is 0.217. The van der Waals surface area contributed by atoms with Crippen LogP contribution in [0.2, 0.25) is 0 Å². The Morgan fingerprint density at radius 3 is 2.25 bits per heavy atom. The minimum atomic E-state index is -0.597. The van der Waals surface area contributed by atoms with Crippen molar-refractivity contribution in [3.05, 3.63) is 71.3 Å². The van der Waals surface area contributed by atoms with E-state index in [2.05, 4.69) is 5.32 Å². The molecule has 5 nitrogen and oxygen atoms in total. The number of rotatable bonds is 6. The number of hydrogen-bond donors (Lipinski definition) is 1. The van der Waals surface area contributed by atoms with Crippen molar-refractivity contribution in [1.29, 1.82) is 0 Å². The van der Waals surface area contributed by atoms with Gasteiger partial charge in [0.15, 0.2) is 13.2 Å². The maximum absolute atomic E-state index is 12.1. The third kappa shape index (κ3) is 4.88. The van der Waals surface area contributed by atoms with Gasteiger partial charge < -0.3 is 14.8 Å². The van der Waals surface area contributed by atoms with Crippen molar-refractivity contribution in [2.75, 3.05) is 18.5 Å². The van der Waals surface area contributed by atoms with E-state index in [-0.39, 0.29) is 19.1 Å². The molecule has 1 N–H and O–H groups in total. The molecule has 1 amide bonds. The molecule has 0 unspecified atom stereocenters. The van der Waals surface area contributed by atoms with Crippen LogP contribution in [-0.2, 0) is 14.3 Å². The van der Waals surface area contributed by atoms with Gasteiger partial charge in [-0.25, -0.2) is 4.79 Å².